The van der Waals surface area contributed by atoms with Gasteiger partial charge >= 0.3 is 5.97 Å². The molecule has 0 aromatic heterocycles. The molecule has 0 amide bonds. The number of benzene rings is 2. The normalized spacial score (nSPS) is 18.4. The molecule has 0 spiro atoms. The molecular formula is C24H31NO4. The highest BCUT2D eigenvalue weighted by Gasteiger charge is 2.33. The first-order chi connectivity index (χ1) is 14.0. The molecule has 29 heavy (non-hydrogen) atoms. The second-order valence-corrected chi connectivity index (χ2v) is 7.98. The zero-order valence-corrected chi connectivity index (χ0v) is 17.7. The van der Waals surface area contributed by atoms with Crippen LogP contribution in [0.1, 0.15) is 55.3 Å². The van der Waals surface area contributed by atoms with Crippen LogP contribution in [0.15, 0.2) is 42.5 Å². The third kappa shape index (κ3) is 4.56. The summed E-state index contributed by atoms with van der Waals surface area (Å²) in [4.78, 5) is 13.9. The van der Waals surface area contributed by atoms with Crippen molar-refractivity contribution in [1.29, 1.82) is 0 Å². The minimum Gasteiger partial charge on any atom is -0.493 e. The molecule has 0 bridgehead atoms. The molecule has 1 aliphatic heterocycles. The van der Waals surface area contributed by atoms with Crippen molar-refractivity contribution in [2.24, 2.45) is 5.92 Å². The van der Waals surface area contributed by atoms with Crippen molar-refractivity contribution in [2.75, 3.05) is 27.3 Å². The molecule has 0 saturated carbocycles. The Morgan fingerprint density at radius 3 is 2.34 bits per heavy atom. The highest BCUT2D eigenvalue weighted by Crippen LogP contribution is 2.41. The van der Waals surface area contributed by atoms with Gasteiger partial charge in [0, 0.05) is 12.1 Å². The summed E-state index contributed by atoms with van der Waals surface area (Å²) in [5, 5.41) is 9.59. The molecule has 2 aromatic carbocycles. The quantitative estimate of drug-likeness (QED) is 0.733. The lowest BCUT2D eigenvalue weighted by molar-refractivity contribution is -0.143. The Bertz CT molecular complexity index is 831. The summed E-state index contributed by atoms with van der Waals surface area (Å²) < 4.78 is 11.3. The number of ether oxygens (including phenoxy) is 2. The Balaban J connectivity index is 2.08. The third-order valence-electron chi connectivity index (χ3n) is 5.81. The Morgan fingerprint density at radius 2 is 1.76 bits per heavy atom. The number of likely N-dealkylation sites (tertiary alicyclic amines) is 1. The average Bonchev–Trinajstić information content (AvgIpc) is 2.74. The van der Waals surface area contributed by atoms with Crippen LogP contribution in [-0.4, -0.2) is 43.3 Å². The number of hydrogen-bond donors (Lipinski definition) is 1. The predicted molar refractivity (Wildman–Crippen MR) is 114 cm³/mol. The summed E-state index contributed by atoms with van der Waals surface area (Å²) in [5.74, 6) is 0.769. The summed E-state index contributed by atoms with van der Waals surface area (Å²) in [6.45, 7) is 5.73. The van der Waals surface area contributed by atoms with Crippen LogP contribution >= 0.6 is 0 Å². The molecule has 156 valence electrons. The van der Waals surface area contributed by atoms with Gasteiger partial charge in [0.15, 0.2) is 11.5 Å². The second kappa shape index (κ2) is 9.31. The van der Waals surface area contributed by atoms with E-state index >= 15 is 0 Å². The zero-order chi connectivity index (χ0) is 21.0. The van der Waals surface area contributed by atoms with E-state index < -0.39 is 5.97 Å². The third-order valence-corrected chi connectivity index (χ3v) is 5.81. The highest BCUT2D eigenvalue weighted by atomic mass is 16.5. The van der Waals surface area contributed by atoms with Gasteiger partial charge in [-0.05, 0) is 42.5 Å². The maximum absolute atomic E-state index is 11.7. The number of carbonyl (C=O) groups is 1. The fourth-order valence-electron chi connectivity index (χ4n) is 4.22. The standard InChI is InChI=1S/C24H31NO4/c1-16(2)17-10-12-18(13-11-17)22(25-14-6-7-19(15-25)24(26)27)20-8-5-9-21(28-3)23(20)29-4/h5,8-13,16,19,22H,6-7,14-15H2,1-4H3,(H,26,27). The smallest absolute Gasteiger partial charge is 0.307 e. The van der Waals surface area contributed by atoms with E-state index in [1.807, 2.05) is 18.2 Å². The summed E-state index contributed by atoms with van der Waals surface area (Å²) in [7, 11) is 3.28. The minimum absolute atomic E-state index is 0.0941. The lowest BCUT2D eigenvalue weighted by atomic mass is 9.90. The van der Waals surface area contributed by atoms with Gasteiger partial charge in [-0.3, -0.25) is 9.69 Å². The number of piperidine rings is 1. The minimum atomic E-state index is -0.721. The lowest BCUT2D eigenvalue weighted by Gasteiger charge is -2.38. The van der Waals surface area contributed by atoms with Crippen molar-refractivity contribution in [3.05, 3.63) is 59.2 Å². The fourth-order valence-corrected chi connectivity index (χ4v) is 4.22. The van der Waals surface area contributed by atoms with E-state index in [2.05, 4.69) is 43.0 Å². The zero-order valence-electron chi connectivity index (χ0n) is 17.7. The van der Waals surface area contributed by atoms with Gasteiger partial charge in [-0.1, -0.05) is 50.2 Å². The number of carboxylic acid groups (broad SMARTS) is 1. The van der Waals surface area contributed by atoms with E-state index in [0.29, 0.717) is 24.0 Å². The van der Waals surface area contributed by atoms with Crippen molar-refractivity contribution < 1.29 is 19.4 Å². The molecule has 1 saturated heterocycles. The lowest BCUT2D eigenvalue weighted by Crippen LogP contribution is -2.41. The van der Waals surface area contributed by atoms with Crippen molar-refractivity contribution in [1.82, 2.24) is 4.90 Å². The molecule has 3 rings (SSSR count). The average molecular weight is 398 g/mol. The highest BCUT2D eigenvalue weighted by molar-refractivity contribution is 5.70. The van der Waals surface area contributed by atoms with Gasteiger partial charge in [0.1, 0.15) is 0 Å². The van der Waals surface area contributed by atoms with Crippen molar-refractivity contribution >= 4 is 5.97 Å². The number of hydrogen-bond acceptors (Lipinski definition) is 4. The van der Waals surface area contributed by atoms with Crippen LogP contribution in [0.25, 0.3) is 0 Å². The van der Waals surface area contributed by atoms with Crippen LogP contribution in [0, 0.1) is 5.92 Å². The number of carboxylic acids is 1. The van der Waals surface area contributed by atoms with E-state index in [4.69, 9.17) is 9.47 Å². The van der Waals surface area contributed by atoms with Crippen molar-refractivity contribution in [3.63, 3.8) is 0 Å². The van der Waals surface area contributed by atoms with Gasteiger partial charge in [0.05, 0.1) is 26.2 Å². The molecule has 5 nitrogen and oxygen atoms in total. The number of rotatable bonds is 7. The summed E-state index contributed by atoms with van der Waals surface area (Å²) in [6, 6.07) is 14.4. The molecule has 2 unspecified atom stereocenters. The van der Waals surface area contributed by atoms with Gasteiger partial charge in [-0.2, -0.15) is 0 Å². The molecule has 0 aliphatic carbocycles. The molecule has 2 aromatic rings. The molecule has 1 heterocycles. The Morgan fingerprint density at radius 1 is 1.07 bits per heavy atom. The maximum atomic E-state index is 11.7. The van der Waals surface area contributed by atoms with Crippen LogP contribution in [0.3, 0.4) is 0 Å². The first-order valence-corrected chi connectivity index (χ1v) is 10.2. The molecule has 2 atom stereocenters. The molecule has 5 heteroatoms. The van der Waals surface area contributed by atoms with Crippen LogP contribution in [-0.2, 0) is 4.79 Å². The Hall–Kier alpha value is -2.53. The molecule has 1 fully saturated rings. The first-order valence-electron chi connectivity index (χ1n) is 10.2. The molecular weight excluding hydrogens is 366 g/mol. The first kappa shape index (κ1) is 21.2. The second-order valence-electron chi connectivity index (χ2n) is 7.98. The van der Waals surface area contributed by atoms with Crippen molar-refractivity contribution in [2.45, 2.75) is 38.6 Å². The van der Waals surface area contributed by atoms with Gasteiger partial charge in [0.2, 0.25) is 0 Å². The monoisotopic (exact) mass is 397 g/mol. The molecule has 0 radical (unpaired) electrons. The molecule has 1 N–H and O–H groups in total. The van der Waals surface area contributed by atoms with Gasteiger partial charge in [-0.25, -0.2) is 0 Å². The number of methoxy groups -OCH3 is 2. The van der Waals surface area contributed by atoms with Crippen LogP contribution in [0.4, 0.5) is 0 Å². The van der Waals surface area contributed by atoms with Gasteiger partial charge < -0.3 is 14.6 Å². The topological polar surface area (TPSA) is 59.0 Å². The van der Waals surface area contributed by atoms with Crippen molar-refractivity contribution in [3.8, 4) is 11.5 Å². The molecule has 1 aliphatic rings. The Labute approximate surface area is 173 Å². The number of para-hydroxylation sites is 1. The summed E-state index contributed by atoms with van der Waals surface area (Å²) >= 11 is 0. The van der Waals surface area contributed by atoms with Gasteiger partial charge in [0.25, 0.3) is 0 Å². The van der Waals surface area contributed by atoms with Crippen LogP contribution in [0.2, 0.25) is 0 Å². The maximum Gasteiger partial charge on any atom is 0.307 e. The fraction of sp³-hybridized carbons (Fsp3) is 0.458. The van der Waals surface area contributed by atoms with E-state index in [1.165, 1.54) is 5.56 Å². The van der Waals surface area contributed by atoms with E-state index in [0.717, 1.165) is 30.5 Å². The van der Waals surface area contributed by atoms with Crippen LogP contribution < -0.4 is 9.47 Å². The summed E-state index contributed by atoms with van der Waals surface area (Å²) in [5.41, 5.74) is 3.41. The van der Waals surface area contributed by atoms with E-state index in [1.54, 1.807) is 14.2 Å². The predicted octanol–water partition coefficient (Wildman–Crippen LogP) is 4.71. The van der Waals surface area contributed by atoms with Crippen LogP contribution in [0.5, 0.6) is 11.5 Å². The summed E-state index contributed by atoms with van der Waals surface area (Å²) in [6.07, 6.45) is 1.59. The van der Waals surface area contributed by atoms with E-state index in [-0.39, 0.29) is 12.0 Å². The van der Waals surface area contributed by atoms with E-state index in [9.17, 15) is 9.90 Å². The number of aliphatic carboxylic acids is 1. The number of nitrogens with zero attached hydrogens (tertiary/aromatic N) is 1. The SMILES string of the molecule is COc1cccc(C(c2ccc(C(C)C)cc2)N2CCCC(C(=O)O)C2)c1OC. The largest absolute Gasteiger partial charge is 0.493 e. The Kier molecular flexibility index (Phi) is 6.80. The van der Waals surface area contributed by atoms with Gasteiger partial charge in [-0.15, -0.1) is 0 Å².